The third kappa shape index (κ3) is 3.93. The molecule has 0 atom stereocenters. The molecule has 0 unspecified atom stereocenters. The van der Waals surface area contributed by atoms with Crippen molar-refractivity contribution in [2.45, 2.75) is 20.3 Å². The molecule has 0 radical (unpaired) electrons. The molecular weight excluding hydrogens is 466 g/mol. The van der Waals surface area contributed by atoms with Gasteiger partial charge in [0.1, 0.15) is 0 Å². The highest BCUT2D eigenvalue weighted by Gasteiger charge is 2.22. The van der Waals surface area contributed by atoms with Crippen molar-refractivity contribution in [3.8, 4) is 0 Å². The van der Waals surface area contributed by atoms with Gasteiger partial charge in [-0.1, -0.05) is 33.6 Å². The van der Waals surface area contributed by atoms with Crippen molar-refractivity contribution in [1.29, 1.82) is 0 Å². The van der Waals surface area contributed by atoms with Gasteiger partial charge < -0.3 is 19.5 Å². The Hall–Kier alpha value is -3.06. The van der Waals surface area contributed by atoms with Crippen molar-refractivity contribution in [3.05, 3.63) is 70.3 Å². The number of amides is 2. The lowest BCUT2D eigenvalue weighted by molar-refractivity contribution is 0.215. The first-order valence-corrected chi connectivity index (χ1v) is 11.7. The lowest BCUT2D eigenvalue weighted by Crippen LogP contribution is -2.38. The maximum atomic E-state index is 13.0. The number of hydrogen-bond acceptors (Lipinski definition) is 3. The quantitative estimate of drug-likeness (QED) is 0.396. The molecule has 0 spiro atoms. The van der Waals surface area contributed by atoms with Crippen LogP contribution in [0.3, 0.4) is 0 Å². The fourth-order valence-electron chi connectivity index (χ4n) is 4.45. The summed E-state index contributed by atoms with van der Waals surface area (Å²) in [6, 6.07) is 16.4. The Morgan fingerprint density at radius 1 is 1.00 bits per heavy atom. The number of aryl methyl sites for hydroxylation is 2. The van der Waals surface area contributed by atoms with Gasteiger partial charge in [-0.25, -0.2) is 9.78 Å². The summed E-state index contributed by atoms with van der Waals surface area (Å²) in [7, 11) is 0. The smallest absolute Gasteiger partial charge is 0.321 e. The van der Waals surface area contributed by atoms with Gasteiger partial charge in [-0.3, -0.25) is 0 Å². The van der Waals surface area contributed by atoms with E-state index in [1.807, 2.05) is 30.0 Å². The molecule has 0 saturated carbocycles. The van der Waals surface area contributed by atoms with E-state index in [1.165, 1.54) is 5.56 Å². The van der Waals surface area contributed by atoms with Crippen LogP contribution in [0, 0.1) is 13.8 Å². The third-order valence-corrected chi connectivity index (χ3v) is 6.60. The lowest BCUT2D eigenvalue weighted by atomic mass is 10.1. The molecule has 3 heterocycles. The van der Waals surface area contributed by atoms with Gasteiger partial charge >= 0.3 is 6.03 Å². The molecule has 1 N–H and O–H groups in total. The summed E-state index contributed by atoms with van der Waals surface area (Å²) >= 11 is 3.57. The molecule has 5 rings (SSSR count). The number of anilines is 2. The zero-order valence-corrected chi connectivity index (χ0v) is 19.9. The molecule has 32 heavy (non-hydrogen) atoms. The van der Waals surface area contributed by atoms with Crippen molar-refractivity contribution >= 4 is 50.0 Å². The molecule has 0 aliphatic carbocycles. The van der Waals surface area contributed by atoms with Gasteiger partial charge in [0.15, 0.2) is 5.82 Å². The largest absolute Gasteiger partial charge is 0.353 e. The standard InChI is InChI=1S/C25H26BrN5O/c1-17-6-8-20(18(2)15-17)28-25(32)30-11-4-10-29(13-14-30)24-23-5-3-12-31(23)22-9-7-19(26)16-21(22)27-24/h3,5-9,12,15-16H,4,10-11,13-14H2,1-2H3,(H,28,32). The normalized spacial score (nSPS) is 14.7. The number of nitrogens with zero attached hydrogens (tertiary/aromatic N) is 4. The number of halogens is 1. The van der Waals surface area contributed by atoms with Crippen LogP contribution in [0.15, 0.2) is 59.2 Å². The molecule has 1 aliphatic rings. The molecule has 7 heteroatoms. The van der Waals surface area contributed by atoms with Crippen LogP contribution < -0.4 is 10.2 Å². The Balaban J connectivity index is 1.37. The highest BCUT2D eigenvalue weighted by molar-refractivity contribution is 9.10. The molecule has 164 valence electrons. The Labute approximate surface area is 196 Å². The van der Waals surface area contributed by atoms with Crippen molar-refractivity contribution in [2.75, 3.05) is 36.4 Å². The highest BCUT2D eigenvalue weighted by Crippen LogP contribution is 2.28. The zero-order valence-electron chi connectivity index (χ0n) is 18.3. The van der Waals surface area contributed by atoms with Crippen molar-refractivity contribution < 1.29 is 4.79 Å². The molecular formula is C25H26BrN5O. The minimum absolute atomic E-state index is 0.0398. The van der Waals surface area contributed by atoms with Crippen LogP contribution in [0.4, 0.5) is 16.3 Å². The molecule has 2 aromatic carbocycles. The lowest BCUT2D eigenvalue weighted by Gasteiger charge is -2.24. The maximum absolute atomic E-state index is 13.0. The van der Waals surface area contributed by atoms with Crippen LogP contribution in [0.2, 0.25) is 0 Å². The molecule has 1 saturated heterocycles. The first kappa shape index (κ1) is 20.8. The van der Waals surface area contributed by atoms with Gasteiger partial charge in [-0.15, -0.1) is 0 Å². The summed E-state index contributed by atoms with van der Waals surface area (Å²) in [5.41, 5.74) is 6.27. The summed E-state index contributed by atoms with van der Waals surface area (Å²) in [4.78, 5) is 22.2. The molecule has 2 aromatic heterocycles. The van der Waals surface area contributed by atoms with Crippen LogP contribution in [0.5, 0.6) is 0 Å². The number of urea groups is 1. The molecule has 4 aromatic rings. The Kier molecular flexibility index (Phi) is 5.51. The summed E-state index contributed by atoms with van der Waals surface area (Å²) in [6.45, 7) is 7.07. The van der Waals surface area contributed by atoms with Crippen LogP contribution >= 0.6 is 15.9 Å². The fourth-order valence-corrected chi connectivity index (χ4v) is 4.80. The number of fused-ring (bicyclic) bond motifs is 3. The zero-order chi connectivity index (χ0) is 22.2. The van der Waals surface area contributed by atoms with E-state index in [9.17, 15) is 4.79 Å². The number of carbonyl (C=O) groups is 1. The van der Waals surface area contributed by atoms with Crippen molar-refractivity contribution in [2.24, 2.45) is 0 Å². The van der Waals surface area contributed by atoms with E-state index >= 15 is 0 Å². The van der Waals surface area contributed by atoms with E-state index in [1.54, 1.807) is 0 Å². The van der Waals surface area contributed by atoms with E-state index in [4.69, 9.17) is 4.98 Å². The number of hydrogen-bond donors (Lipinski definition) is 1. The fraction of sp³-hybridized carbons (Fsp3) is 0.280. The predicted molar refractivity (Wildman–Crippen MR) is 134 cm³/mol. The predicted octanol–water partition coefficient (Wildman–Crippen LogP) is 5.61. The minimum Gasteiger partial charge on any atom is -0.353 e. The molecule has 0 bridgehead atoms. The van der Waals surface area contributed by atoms with E-state index in [-0.39, 0.29) is 6.03 Å². The van der Waals surface area contributed by atoms with Crippen molar-refractivity contribution in [1.82, 2.24) is 14.3 Å². The molecule has 1 fully saturated rings. The van der Waals surface area contributed by atoms with Crippen LogP contribution in [0.1, 0.15) is 17.5 Å². The SMILES string of the molecule is Cc1ccc(NC(=O)N2CCCN(c3nc4cc(Br)ccc4n4cccc34)CC2)c(C)c1. The van der Waals surface area contributed by atoms with Crippen LogP contribution in [-0.2, 0) is 0 Å². The monoisotopic (exact) mass is 491 g/mol. The average molecular weight is 492 g/mol. The highest BCUT2D eigenvalue weighted by atomic mass is 79.9. The van der Waals surface area contributed by atoms with Gasteiger partial charge in [0.2, 0.25) is 0 Å². The number of benzene rings is 2. The Morgan fingerprint density at radius 2 is 1.88 bits per heavy atom. The summed E-state index contributed by atoms with van der Waals surface area (Å²) in [6.07, 6.45) is 2.98. The van der Waals surface area contributed by atoms with E-state index < -0.39 is 0 Å². The summed E-state index contributed by atoms with van der Waals surface area (Å²) in [5.74, 6) is 0.970. The topological polar surface area (TPSA) is 52.9 Å². The number of carbonyl (C=O) groups excluding carboxylic acids is 1. The molecule has 2 amide bonds. The van der Waals surface area contributed by atoms with Gasteiger partial charge in [0, 0.05) is 42.5 Å². The van der Waals surface area contributed by atoms with E-state index in [2.05, 4.69) is 74.0 Å². The van der Waals surface area contributed by atoms with Gasteiger partial charge in [0.05, 0.1) is 16.6 Å². The van der Waals surface area contributed by atoms with Gasteiger partial charge in [-0.05, 0) is 62.2 Å². The summed E-state index contributed by atoms with van der Waals surface area (Å²) < 4.78 is 3.21. The number of nitrogens with one attached hydrogen (secondary N) is 1. The second-order valence-electron chi connectivity index (χ2n) is 8.41. The van der Waals surface area contributed by atoms with E-state index in [0.717, 1.165) is 64.1 Å². The van der Waals surface area contributed by atoms with Gasteiger partial charge in [-0.2, -0.15) is 0 Å². The second kappa shape index (κ2) is 8.47. The average Bonchev–Trinajstić information content (AvgIpc) is 3.12. The number of rotatable bonds is 2. The van der Waals surface area contributed by atoms with Gasteiger partial charge in [0.25, 0.3) is 0 Å². The molecule has 1 aliphatic heterocycles. The van der Waals surface area contributed by atoms with Crippen LogP contribution in [0.25, 0.3) is 16.6 Å². The third-order valence-electron chi connectivity index (χ3n) is 6.11. The first-order valence-electron chi connectivity index (χ1n) is 10.9. The summed E-state index contributed by atoms with van der Waals surface area (Å²) in [5, 5.41) is 3.09. The first-order chi connectivity index (χ1) is 15.5. The number of aromatic nitrogens is 2. The second-order valence-corrected chi connectivity index (χ2v) is 9.32. The Morgan fingerprint density at radius 3 is 2.72 bits per heavy atom. The minimum atomic E-state index is -0.0398. The molecule has 6 nitrogen and oxygen atoms in total. The van der Waals surface area contributed by atoms with E-state index in [0.29, 0.717) is 6.54 Å². The maximum Gasteiger partial charge on any atom is 0.321 e. The Bertz CT molecular complexity index is 1310. The van der Waals surface area contributed by atoms with Crippen molar-refractivity contribution in [3.63, 3.8) is 0 Å². The van der Waals surface area contributed by atoms with Crippen LogP contribution in [-0.4, -0.2) is 46.5 Å².